The molecule has 1 fully saturated rings. The topological polar surface area (TPSA) is 69.8 Å². The zero-order valence-electron chi connectivity index (χ0n) is 11.9. The number of carbonyl (C=O) groups excluding carboxylic acids is 1. The summed E-state index contributed by atoms with van der Waals surface area (Å²) in [5.74, 6) is 0.952. The van der Waals surface area contributed by atoms with Crippen LogP contribution >= 0.6 is 0 Å². The van der Waals surface area contributed by atoms with Crippen LogP contribution in [0.5, 0.6) is 0 Å². The summed E-state index contributed by atoms with van der Waals surface area (Å²) in [4.78, 5) is 19.5. The van der Waals surface area contributed by atoms with Crippen molar-refractivity contribution in [3.63, 3.8) is 0 Å². The maximum Gasteiger partial charge on any atom is 0.237 e. The lowest BCUT2D eigenvalue weighted by molar-refractivity contribution is -0.122. The minimum atomic E-state index is -0.113. The van der Waals surface area contributed by atoms with Gasteiger partial charge in [-0.3, -0.25) is 10.1 Å². The molecule has 1 aromatic carbocycles. The lowest BCUT2D eigenvalue weighted by atomic mass is 10.1. The van der Waals surface area contributed by atoms with Crippen molar-refractivity contribution in [1.29, 1.82) is 0 Å². The van der Waals surface area contributed by atoms with Gasteiger partial charge in [0.05, 0.1) is 24.5 Å². The number of carbonyl (C=O) groups is 1. The molecule has 1 aliphatic rings. The number of amides is 1. The minimum absolute atomic E-state index is 0.0994. The average molecular weight is 284 g/mol. The van der Waals surface area contributed by atoms with Crippen molar-refractivity contribution in [3.8, 4) is 11.3 Å². The number of hydrogen-bond donors (Lipinski definition) is 3. The van der Waals surface area contributed by atoms with Gasteiger partial charge in [-0.2, -0.15) is 0 Å². The van der Waals surface area contributed by atoms with Crippen molar-refractivity contribution >= 4 is 5.91 Å². The third-order valence-electron chi connectivity index (χ3n) is 3.76. The molecule has 3 N–H and O–H groups in total. The molecule has 1 saturated heterocycles. The maximum absolute atomic E-state index is 11.9. The first-order chi connectivity index (χ1) is 10.3. The fourth-order valence-electron chi connectivity index (χ4n) is 2.57. The van der Waals surface area contributed by atoms with E-state index in [-0.39, 0.29) is 11.9 Å². The molecule has 1 amide bonds. The lowest BCUT2D eigenvalue weighted by Crippen LogP contribution is -2.42. The highest BCUT2D eigenvalue weighted by Crippen LogP contribution is 2.16. The van der Waals surface area contributed by atoms with Crippen LogP contribution in [0.15, 0.2) is 36.5 Å². The van der Waals surface area contributed by atoms with Crippen LogP contribution in [0.2, 0.25) is 0 Å². The smallest absolute Gasteiger partial charge is 0.237 e. The highest BCUT2D eigenvalue weighted by Gasteiger charge is 2.20. The first-order valence-electron chi connectivity index (χ1n) is 7.43. The second-order valence-corrected chi connectivity index (χ2v) is 5.33. The van der Waals surface area contributed by atoms with Crippen molar-refractivity contribution in [2.45, 2.75) is 31.8 Å². The number of nitrogens with one attached hydrogen (secondary N) is 3. The van der Waals surface area contributed by atoms with Crippen molar-refractivity contribution in [2.24, 2.45) is 0 Å². The summed E-state index contributed by atoms with van der Waals surface area (Å²) in [6.07, 6.45) is 4.85. The Hall–Kier alpha value is -2.14. The molecule has 1 aromatic heterocycles. The molecule has 3 rings (SSSR count). The molecular weight excluding hydrogens is 264 g/mol. The van der Waals surface area contributed by atoms with Crippen LogP contribution in [-0.2, 0) is 11.3 Å². The van der Waals surface area contributed by atoms with Gasteiger partial charge in [0.15, 0.2) is 0 Å². The van der Waals surface area contributed by atoms with Crippen LogP contribution in [0.3, 0.4) is 0 Å². The molecule has 110 valence electrons. The maximum atomic E-state index is 11.9. The van der Waals surface area contributed by atoms with E-state index in [1.807, 2.05) is 36.5 Å². The lowest BCUT2D eigenvalue weighted by Gasteiger charge is -2.13. The van der Waals surface area contributed by atoms with E-state index in [1.54, 1.807) is 0 Å². The first kappa shape index (κ1) is 13.8. The molecule has 0 radical (unpaired) electrons. The van der Waals surface area contributed by atoms with Gasteiger partial charge < -0.3 is 10.3 Å². The van der Waals surface area contributed by atoms with Crippen LogP contribution < -0.4 is 10.6 Å². The van der Waals surface area contributed by atoms with Crippen molar-refractivity contribution in [2.75, 3.05) is 6.54 Å². The molecule has 0 aliphatic carbocycles. The summed E-state index contributed by atoms with van der Waals surface area (Å²) < 4.78 is 0. The molecule has 0 spiro atoms. The Morgan fingerprint density at radius 3 is 2.95 bits per heavy atom. The van der Waals surface area contributed by atoms with Gasteiger partial charge in [0.25, 0.3) is 0 Å². The molecule has 1 aliphatic heterocycles. The standard InChI is InChI=1S/C16H20N4O/c21-16-13(8-4-5-9-17-16)18-11-15-19-10-14(20-15)12-6-2-1-3-7-12/h1-3,6-7,10,13,18H,4-5,8-9,11H2,(H,17,21)(H,19,20). The quantitative estimate of drug-likeness (QED) is 0.802. The van der Waals surface area contributed by atoms with Crippen LogP contribution in [0.25, 0.3) is 11.3 Å². The first-order valence-corrected chi connectivity index (χ1v) is 7.43. The van der Waals surface area contributed by atoms with Crippen LogP contribution in [0.4, 0.5) is 0 Å². The summed E-state index contributed by atoms with van der Waals surface area (Å²) in [6, 6.07) is 9.98. The van der Waals surface area contributed by atoms with E-state index in [1.165, 1.54) is 0 Å². The van der Waals surface area contributed by atoms with E-state index in [2.05, 4.69) is 20.6 Å². The number of hydrogen-bond acceptors (Lipinski definition) is 3. The number of rotatable bonds is 4. The Morgan fingerprint density at radius 1 is 1.24 bits per heavy atom. The normalized spacial score (nSPS) is 19.0. The van der Waals surface area contributed by atoms with Crippen LogP contribution in [-0.4, -0.2) is 28.5 Å². The van der Waals surface area contributed by atoms with E-state index in [0.29, 0.717) is 6.54 Å². The highest BCUT2D eigenvalue weighted by molar-refractivity contribution is 5.81. The van der Waals surface area contributed by atoms with Gasteiger partial charge in [-0.1, -0.05) is 30.3 Å². The average Bonchev–Trinajstić information content (AvgIpc) is 2.90. The Morgan fingerprint density at radius 2 is 2.10 bits per heavy atom. The fraction of sp³-hybridized carbons (Fsp3) is 0.375. The summed E-state index contributed by atoms with van der Waals surface area (Å²) in [5, 5.41) is 6.22. The predicted octanol–water partition coefficient (Wildman–Crippen LogP) is 1.83. The number of H-pyrrole nitrogens is 1. The van der Waals surface area contributed by atoms with Crippen molar-refractivity contribution in [1.82, 2.24) is 20.6 Å². The Labute approximate surface area is 124 Å². The Kier molecular flexibility index (Phi) is 4.31. The number of aromatic amines is 1. The van der Waals surface area contributed by atoms with Gasteiger partial charge in [-0.25, -0.2) is 4.98 Å². The van der Waals surface area contributed by atoms with E-state index >= 15 is 0 Å². The summed E-state index contributed by atoms with van der Waals surface area (Å²) >= 11 is 0. The Bertz CT molecular complexity index is 593. The predicted molar refractivity (Wildman–Crippen MR) is 81.5 cm³/mol. The van der Waals surface area contributed by atoms with Gasteiger partial charge in [0.2, 0.25) is 5.91 Å². The number of aromatic nitrogens is 2. The molecule has 0 saturated carbocycles. The molecular formula is C16H20N4O. The zero-order valence-corrected chi connectivity index (χ0v) is 11.9. The summed E-state index contributed by atoms with van der Waals surface area (Å²) in [7, 11) is 0. The van der Waals surface area contributed by atoms with Gasteiger partial charge in [0, 0.05) is 6.54 Å². The van der Waals surface area contributed by atoms with Crippen LogP contribution in [0, 0.1) is 0 Å². The van der Waals surface area contributed by atoms with Crippen molar-refractivity contribution < 1.29 is 4.79 Å². The van der Waals surface area contributed by atoms with E-state index in [0.717, 1.165) is 42.9 Å². The number of nitrogens with zero attached hydrogens (tertiary/aromatic N) is 1. The molecule has 2 aromatic rings. The summed E-state index contributed by atoms with van der Waals surface area (Å²) in [6.45, 7) is 1.36. The monoisotopic (exact) mass is 284 g/mol. The van der Waals surface area contributed by atoms with Gasteiger partial charge >= 0.3 is 0 Å². The molecule has 1 unspecified atom stereocenters. The van der Waals surface area contributed by atoms with E-state index < -0.39 is 0 Å². The third-order valence-corrected chi connectivity index (χ3v) is 3.76. The fourth-order valence-corrected chi connectivity index (χ4v) is 2.57. The molecule has 2 heterocycles. The van der Waals surface area contributed by atoms with Gasteiger partial charge in [-0.15, -0.1) is 0 Å². The Balaban J connectivity index is 1.61. The third kappa shape index (κ3) is 3.49. The largest absolute Gasteiger partial charge is 0.355 e. The number of imidazole rings is 1. The molecule has 1 atom stereocenters. The molecule has 21 heavy (non-hydrogen) atoms. The zero-order chi connectivity index (χ0) is 14.5. The van der Waals surface area contributed by atoms with E-state index in [9.17, 15) is 4.79 Å². The SMILES string of the molecule is O=C1NCCCCC1NCc1ncc(-c2ccccc2)[nH]1. The van der Waals surface area contributed by atoms with Crippen molar-refractivity contribution in [3.05, 3.63) is 42.4 Å². The van der Waals surface area contributed by atoms with Crippen LogP contribution in [0.1, 0.15) is 25.1 Å². The minimum Gasteiger partial charge on any atom is -0.355 e. The molecule has 0 bridgehead atoms. The second kappa shape index (κ2) is 6.54. The summed E-state index contributed by atoms with van der Waals surface area (Å²) in [5.41, 5.74) is 2.11. The van der Waals surface area contributed by atoms with Gasteiger partial charge in [-0.05, 0) is 24.8 Å². The second-order valence-electron chi connectivity index (χ2n) is 5.33. The number of benzene rings is 1. The highest BCUT2D eigenvalue weighted by atomic mass is 16.2. The van der Waals surface area contributed by atoms with Gasteiger partial charge in [0.1, 0.15) is 5.82 Å². The van der Waals surface area contributed by atoms with E-state index in [4.69, 9.17) is 0 Å². The molecule has 5 heteroatoms. The molecule has 5 nitrogen and oxygen atoms in total.